The molecule has 0 spiro atoms. The molecule has 0 N–H and O–H groups in total. The van der Waals surface area contributed by atoms with Crippen molar-refractivity contribution in [2.75, 3.05) is 0 Å². The zero-order valence-electron chi connectivity index (χ0n) is 10.00. The third-order valence-corrected chi connectivity index (χ3v) is 3.93. The second-order valence-electron chi connectivity index (χ2n) is 4.60. The van der Waals surface area contributed by atoms with E-state index in [2.05, 4.69) is 5.10 Å². The van der Waals surface area contributed by atoms with Gasteiger partial charge in [0.25, 0.3) is 0 Å². The first-order valence-corrected chi connectivity index (χ1v) is 7.12. The minimum Gasteiger partial charge on any atom is -0.237 e. The van der Waals surface area contributed by atoms with E-state index >= 15 is 0 Å². The van der Waals surface area contributed by atoms with Gasteiger partial charge in [0.15, 0.2) is 0 Å². The van der Waals surface area contributed by atoms with Crippen LogP contribution in [0.15, 0.2) is 24.3 Å². The summed E-state index contributed by atoms with van der Waals surface area (Å²) in [6, 6.07) is 7.81. The number of halogens is 2. The Balaban J connectivity index is 2.14. The molecule has 0 radical (unpaired) electrons. The summed E-state index contributed by atoms with van der Waals surface area (Å²) in [5, 5.41) is 5.38. The highest BCUT2D eigenvalue weighted by atomic mass is 35.5. The molecule has 4 heteroatoms. The second kappa shape index (κ2) is 4.94. The van der Waals surface area contributed by atoms with Crippen LogP contribution in [0.2, 0.25) is 5.02 Å². The van der Waals surface area contributed by atoms with Gasteiger partial charge in [-0.15, -0.1) is 11.6 Å². The number of hydrogen-bond donors (Lipinski definition) is 0. The van der Waals surface area contributed by atoms with Crippen LogP contribution in [0.25, 0.3) is 5.69 Å². The van der Waals surface area contributed by atoms with Crippen LogP contribution in [-0.2, 0) is 18.7 Å². The van der Waals surface area contributed by atoms with Crippen molar-refractivity contribution in [2.24, 2.45) is 0 Å². The van der Waals surface area contributed by atoms with Gasteiger partial charge in [0, 0.05) is 10.7 Å². The van der Waals surface area contributed by atoms with Crippen molar-refractivity contribution in [2.45, 2.75) is 31.6 Å². The lowest BCUT2D eigenvalue weighted by molar-refractivity contribution is 0.653. The molecular weight excluding hydrogens is 267 g/mol. The quantitative estimate of drug-likeness (QED) is 0.756. The first kappa shape index (κ1) is 12.1. The summed E-state index contributed by atoms with van der Waals surface area (Å²) >= 11 is 12.0. The Bertz CT molecular complexity index is 575. The Kier molecular flexibility index (Phi) is 3.31. The zero-order chi connectivity index (χ0) is 12.5. The second-order valence-corrected chi connectivity index (χ2v) is 5.31. The van der Waals surface area contributed by atoms with Gasteiger partial charge in [-0.1, -0.05) is 17.7 Å². The standard InChI is InChI=1S/C14H14Cl2N2/c15-9-13-12-6-1-2-7-14(12)18(17-13)11-5-3-4-10(16)8-11/h3-5,8H,1-2,6-7,9H2. The molecule has 3 rings (SSSR count). The predicted octanol–water partition coefficient (Wildman–Crippen LogP) is 4.14. The van der Waals surface area contributed by atoms with Crippen LogP contribution >= 0.6 is 23.2 Å². The average molecular weight is 281 g/mol. The molecule has 1 aromatic carbocycles. The number of alkyl halides is 1. The van der Waals surface area contributed by atoms with Crippen molar-refractivity contribution in [1.82, 2.24) is 9.78 Å². The van der Waals surface area contributed by atoms with E-state index in [1.807, 2.05) is 28.9 Å². The summed E-state index contributed by atoms with van der Waals surface area (Å²) in [7, 11) is 0. The molecule has 2 aromatic rings. The van der Waals surface area contributed by atoms with Gasteiger partial charge in [-0.3, -0.25) is 0 Å². The summed E-state index contributed by atoms with van der Waals surface area (Å²) in [4.78, 5) is 0. The van der Waals surface area contributed by atoms with E-state index in [-0.39, 0.29) is 0 Å². The summed E-state index contributed by atoms with van der Waals surface area (Å²) in [5.41, 5.74) is 4.69. The van der Waals surface area contributed by atoms with Crippen molar-refractivity contribution in [3.8, 4) is 5.69 Å². The van der Waals surface area contributed by atoms with Gasteiger partial charge in [-0.25, -0.2) is 4.68 Å². The lowest BCUT2D eigenvalue weighted by Gasteiger charge is -2.14. The number of fused-ring (bicyclic) bond motifs is 1. The fraction of sp³-hybridized carbons (Fsp3) is 0.357. The van der Waals surface area contributed by atoms with Crippen LogP contribution in [0.1, 0.15) is 29.8 Å². The molecule has 0 unspecified atom stereocenters. The maximum Gasteiger partial charge on any atom is 0.0811 e. The first-order valence-electron chi connectivity index (χ1n) is 6.21. The van der Waals surface area contributed by atoms with Gasteiger partial charge in [-0.2, -0.15) is 5.10 Å². The smallest absolute Gasteiger partial charge is 0.0811 e. The van der Waals surface area contributed by atoms with E-state index in [1.54, 1.807) is 0 Å². The van der Waals surface area contributed by atoms with E-state index in [4.69, 9.17) is 23.2 Å². The van der Waals surface area contributed by atoms with Crippen molar-refractivity contribution >= 4 is 23.2 Å². The third-order valence-electron chi connectivity index (χ3n) is 3.44. The van der Waals surface area contributed by atoms with Gasteiger partial charge >= 0.3 is 0 Å². The Hall–Kier alpha value is -0.990. The third kappa shape index (κ3) is 2.04. The number of nitrogens with zero attached hydrogens (tertiary/aromatic N) is 2. The molecule has 1 aliphatic carbocycles. The highest BCUT2D eigenvalue weighted by molar-refractivity contribution is 6.30. The van der Waals surface area contributed by atoms with Crippen LogP contribution in [0.4, 0.5) is 0 Å². The van der Waals surface area contributed by atoms with Crippen molar-refractivity contribution in [1.29, 1.82) is 0 Å². The first-order chi connectivity index (χ1) is 8.79. The Labute approximate surface area is 117 Å². The molecule has 0 saturated heterocycles. The maximum atomic E-state index is 6.05. The fourth-order valence-corrected chi connectivity index (χ4v) is 3.00. The normalized spacial score (nSPS) is 14.6. The molecule has 94 valence electrons. The van der Waals surface area contributed by atoms with Gasteiger partial charge in [-0.05, 0) is 49.4 Å². The maximum absolute atomic E-state index is 6.05. The topological polar surface area (TPSA) is 17.8 Å². The molecule has 0 saturated carbocycles. The largest absolute Gasteiger partial charge is 0.237 e. The summed E-state index contributed by atoms with van der Waals surface area (Å²) in [6.07, 6.45) is 4.63. The molecular formula is C14H14Cl2N2. The molecule has 18 heavy (non-hydrogen) atoms. The zero-order valence-corrected chi connectivity index (χ0v) is 11.5. The van der Waals surface area contributed by atoms with Crippen molar-refractivity contribution in [3.63, 3.8) is 0 Å². The molecule has 1 aliphatic rings. The minimum atomic E-state index is 0.482. The van der Waals surface area contributed by atoms with Crippen LogP contribution in [0.5, 0.6) is 0 Å². The number of hydrogen-bond acceptors (Lipinski definition) is 1. The summed E-state index contributed by atoms with van der Waals surface area (Å²) in [6.45, 7) is 0. The molecule has 0 bridgehead atoms. The SMILES string of the molecule is ClCc1nn(-c2cccc(Cl)c2)c2c1CCCC2. The number of aromatic nitrogens is 2. The predicted molar refractivity (Wildman–Crippen MR) is 74.8 cm³/mol. The van der Waals surface area contributed by atoms with Gasteiger partial charge < -0.3 is 0 Å². The molecule has 1 heterocycles. The highest BCUT2D eigenvalue weighted by Gasteiger charge is 2.20. The number of rotatable bonds is 2. The fourth-order valence-electron chi connectivity index (χ4n) is 2.60. The Morgan fingerprint density at radius 1 is 1.22 bits per heavy atom. The molecule has 0 atom stereocenters. The summed E-state index contributed by atoms with van der Waals surface area (Å²) in [5.74, 6) is 0.482. The van der Waals surface area contributed by atoms with E-state index < -0.39 is 0 Å². The lowest BCUT2D eigenvalue weighted by atomic mass is 9.96. The average Bonchev–Trinajstić information content (AvgIpc) is 2.77. The van der Waals surface area contributed by atoms with E-state index in [0.717, 1.165) is 29.2 Å². The molecule has 0 fully saturated rings. The Morgan fingerprint density at radius 2 is 2.06 bits per heavy atom. The number of benzene rings is 1. The Morgan fingerprint density at radius 3 is 2.83 bits per heavy atom. The highest BCUT2D eigenvalue weighted by Crippen LogP contribution is 2.28. The van der Waals surface area contributed by atoms with E-state index in [1.165, 1.54) is 24.1 Å². The van der Waals surface area contributed by atoms with Crippen molar-refractivity contribution in [3.05, 3.63) is 46.2 Å². The van der Waals surface area contributed by atoms with E-state index in [9.17, 15) is 0 Å². The molecule has 0 aliphatic heterocycles. The molecule has 1 aromatic heterocycles. The van der Waals surface area contributed by atoms with Crippen molar-refractivity contribution < 1.29 is 0 Å². The molecule has 0 amide bonds. The lowest BCUT2D eigenvalue weighted by Crippen LogP contribution is -2.07. The van der Waals surface area contributed by atoms with Gasteiger partial charge in [0.2, 0.25) is 0 Å². The van der Waals surface area contributed by atoms with Crippen LogP contribution in [0.3, 0.4) is 0 Å². The van der Waals surface area contributed by atoms with Gasteiger partial charge in [0.05, 0.1) is 17.3 Å². The monoisotopic (exact) mass is 280 g/mol. The minimum absolute atomic E-state index is 0.482. The van der Waals surface area contributed by atoms with Crippen LogP contribution in [-0.4, -0.2) is 9.78 Å². The molecule has 2 nitrogen and oxygen atoms in total. The van der Waals surface area contributed by atoms with Gasteiger partial charge in [0.1, 0.15) is 0 Å². The summed E-state index contributed by atoms with van der Waals surface area (Å²) < 4.78 is 2.01. The van der Waals surface area contributed by atoms with Crippen LogP contribution in [0, 0.1) is 0 Å². The van der Waals surface area contributed by atoms with Crippen LogP contribution < -0.4 is 0 Å². The van der Waals surface area contributed by atoms with E-state index in [0.29, 0.717) is 5.88 Å².